The number of carbonyl (C=O) groups excluding carboxylic acids is 1. The van der Waals surface area contributed by atoms with E-state index in [0.29, 0.717) is 24.8 Å². The van der Waals surface area contributed by atoms with Crippen molar-refractivity contribution >= 4 is 5.91 Å². The molecule has 0 radical (unpaired) electrons. The maximum atomic E-state index is 14.3. The molecule has 9 atom stereocenters. The average molecular weight is 394 g/mol. The molecule has 3 aliphatic carbocycles. The van der Waals surface area contributed by atoms with Gasteiger partial charge in [-0.05, 0) is 83.2 Å². The zero-order chi connectivity index (χ0) is 19.8. The lowest BCUT2D eigenvalue weighted by atomic mass is 9.76. The van der Waals surface area contributed by atoms with Crippen molar-refractivity contribution in [2.45, 2.75) is 101 Å². The minimum absolute atomic E-state index is 0.0278. The van der Waals surface area contributed by atoms with Gasteiger partial charge in [-0.3, -0.25) is 4.79 Å². The molecule has 0 aromatic heterocycles. The quantitative estimate of drug-likeness (QED) is 0.768. The number of carbonyl (C=O) groups is 1. The standard InChI is InChI=1S/C23H40FN3O/c1-14-7-10-20(24)19-13-21(26-22(14)19)23(28)25-17-6-4-5-15(11-17)16-8-9-18(12-16)27(2)3/h14-22,26H,4-13H2,1-3H3,(H,25,28)/t14?,15?,16-,17?,18+,19?,20?,21?,22?/m0/s1. The lowest BCUT2D eigenvalue weighted by Crippen LogP contribution is -2.49. The number of hydrogen-bond acceptors (Lipinski definition) is 3. The minimum atomic E-state index is -0.738. The zero-order valence-electron chi connectivity index (χ0n) is 18.0. The molecule has 1 saturated heterocycles. The van der Waals surface area contributed by atoms with Gasteiger partial charge in [0.25, 0.3) is 0 Å². The molecule has 160 valence electrons. The van der Waals surface area contributed by atoms with Crippen molar-refractivity contribution in [2.24, 2.45) is 23.7 Å². The monoisotopic (exact) mass is 393 g/mol. The molecule has 3 saturated carbocycles. The van der Waals surface area contributed by atoms with Gasteiger partial charge in [0.05, 0.1) is 6.04 Å². The Morgan fingerprint density at radius 2 is 1.79 bits per heavy atom. The Labute approximate surface area is 170 Å². The van der Waals surface area contributed by atoms with Crippen LogP contribution in [0.4, 0.5) is 4.39 Å². The number of amides is 1. The molecule has 0 aromatic carbocycles. The molecule has 4 rings (SSSR count). The second-order valence-corrected chi connectivity index (χ2v) is 10.5. The lowest BCUT2D eigenvalue weighted by Gasteiger charge is -2.34. The van der Waals surface area contributed by atoms with E-state index in [1.165, 1.54) is 32.1 Å². The summed E-state index contributed by atoms with van der Waals surface area (Å²) >= 11 is 0. The van der Waals surface area contributed by atoms with E-state index >= 15 is 0 Å². The molecule has 1 amide bonds. The summed E-state index contributed by atoms with van der Waals surface area (Å²) in [6.07, 6.45) is 10.3. The third-order valence-corrected chi connectivity index (χ3v) is 8.56. The molecule has 4 fully saturated rings. The van der Waals surface area contributed by atoms with Crippen LogP contribution < -0.4 is 10.6 Å². The van der Waals surface area contributed by atoms with Crippen LogP contribution in [0.5, 0.6) is 0 Å². The first-order valence-corrected chi connectivity index (χ1v) is 11.8. The Hall–Kier alpha value is -0.680. The van der Waals surface area contributed by atoms with E-state index in [-0.39, 0.29) is 23.9 Å². The topological polar surface area (TPSA) is 44.4 Å². The van der Waals surface area contributed by atoms with E-state index in [1.807, 2.05) is 0 Å². The summed E-state index contributed by atoms with van der Waals surface area (Å²) in [4.78, 5) is 15.3. The van der Waals surface area contributed by atoms with E-state index in [9.17, 15) is 9.18 Å². The van der Waals surface area contributed by atoms with E-state index < -0.39 is 6.17 Å². The Balaban J connectivity index is 1.29. The van der Waals surface area contributed by atoms with Crippen molar-refractivity contribution in [2.75, 3.05) is 14.1 Å². The molecule has 28 heavy (non-hydrogen) atoms. The van der Waals surface area contributed by atoms with Gasteiger partial charge >= 0.3 is 0 Å². The van der Waals surface area contributed by atoms with Crippen LogP contribution in [0.2, 0.25) is 0 Å². The third kappa shape index (κ3) is 4.26. The SMILES string of the molecule is CC1CCC(F)C2CC(C(=O)NC3CCCC([C@H]4CC[C@@H](N(C)C)C4)C3)NC12. The van der Waals surface area contributed by atoms with Gasteiger partial charge in [-0.1, -0.05) is 19.8 Å². The van der Waals surface area contributed by atoms with Crippen molar-refractivity contribution in [1.29, 1.82) is 0 Å². The summed E-state index contributed by atoms with van der Waals surface area (Å²) < 4.78 is 14.3. The molecule has 0 aromatic rings. The number of hydrogen-bond donors (Lipinski definition) is 2. The van der Waals surface area contributed by atoms with Crippen molar-refractivity contribution in [1.82, 2.24) is 15.5 Å². The first kappa shape index (κ1) is 20.6. The van der Waals surface area contributed by atoms with E-state index in [1.54, 1.807) is 0 Å². The van der Waals surface area contributed by atoms with Gasteiger partial charge < -0.3 is 15.5 Å². The molecule has 0 bridgehead atoms. The molecule has 4 nitrogen and oxygen atoms in total. The Morgan fingerprint density at radius 1 is 1.00 bits per heavy atom. The minimum Gasteiger partial charge on any atom is -0.352 e. The highest BCUT2D eigenvalue weighted by atomic mass is 19.1. The highest BCUT2D eigenvalue weighted by molar-refractivity contribution is 5.82. The molecule has 4 aliphatic rings. The highest BCUT2D eigenvalue weighted by Crippen LogP contribution is 2.41. The second-order valence-electron chi connectivity index (χ2n) is 10.5. The van der Waals surface area contributed by atoms with Gasteiger partial charge in [-0.25, -0.2) is 4.39 Å². The van der Waals surface area contributed by atoms with Crippen LogP contribution in [0, 0.1) is 23.7 Å². The van der Waals surface area contributed by atoms with E-state index in [2.05, 4.69) is 36.6 Å². The summed E-state index contributed by atoms with van der Waals surface area (Å²) in [5.74, 6) is 2.21. The van der Waals surface area contributed by atoms with Gasteiger partial charge in [0, 0.05) is 24.0 Å². The first-order chi connectivity index (χ1) is 13.4. The smallest absolute Gasteiger partial charge is 0.237 e. The second kappa shape index (κ2) is 8.59. The van der Waals surface area contributed by atoms with Crippen LogP contribution in [0.3, 0.4) is 0 Å². The number of alkyl halides is 1. The molecular formula is C23H40FN3O. The molecule has 1 heterocycles. The molecule has 1 aliphatic heterocycles. The predicted octanol–water partition coefficient (Wildman–Crippen LogP) is 3.51. The normalized spacial score (nSPS) is 46.5. The molecule has 5 heteroatoms. The fraction of sp³-hybridized carbons (Fsp3) is 0.957. The number of rotatable bonds is 4. The Morgan fingerprint density at radius 3 is 2.50 bits per heavy atom. The predicted molar refractivity (Wildman–Crippen MR) is 111 cm³/mol. The van der Waals surface area contributed by atoms with Crippen molar-refractivity contribution in [3.63, 3.8) is 0 Å². The highest BCUT2D eigenvalue weighted by Gasteiger charge is 2.46. The summed E-state index contributed by atoms with van der Waals surface area (Å²) in [6, 6.07) is 1.04. The van der Waals surface area contributed by atoms with E-state index in [0.717, 1.165) is 37.1 Å². The van der Waals surface area contributed by atoms with Crippen LogP contribution in [0.15, 0.2) is 0 Å². The number of fused-ring (bicyclic) bond motifs is 1. The van der Waals surface area contributed by atoms with Crippen LogP contribution in [0.1, 0.15) is 71.1 Å². The maximum absolute atomic E-state index is 14.3. The number of nitrogens with zero attached hydrogens (tertiary/aromatic N) is 1. The summed E-state index contributed by atoms with van der Waals surface area (Å²) in [5, 5.41) is 6.84. The lowest BCUT2D eigenvalue weighted by molar-refractivity contribution is -0.124. The summed E-state index contributed by atoms with van der Waals surface area (Å²) in [5.41, 5.74) is 0. The van der Waals surface area contributed by atoms with Gasteiger partial charge in [-0.2, -0.15) is 0 Å². The Kier molecular flexibility index (Phi) is 6.32. The van der Waals surface area contributed by atoms with Crippen molar-refractivity contribution in [3.05, 3.63) is 0 Å². The molecular weight excluding hydrogens is 353 g/mol. The van der Waals surface area contributed by atoms with Crippen LogP contribution in [-0.2, 0) is 4.79 Å². The van der Waals surface area contributed by atoms with Gasteiger partial charge in [0.2, 0.25) is 5.91 Å². The number of nitrogens with one attached hydrogen (secondary N) is 2. The molecule has 0 spiro atoms. The third-order valence-electron chi connectivity index (χ3n) is 8.56. The van der Waals surface area contributed by atoms with Crippen LogP contribution in [0.25, 0.3) is 0 Å². The zero-order valence-corrected chi connectivity index (χ0v) is 18.0. The fourth-order valence-electron chi connectivity index (χ4n) is 6.78. The van der Waals surface area contributed by atoms with Gasteiger partial charge in [-0.15, -0.1) is 0 Å². The fourth-order valence-corrected chi connectivity index (χ4v) is 6.78. The van der Waals surface area contributed by atoms with Crippen molar-refractivity contribution < 1.29 is 9.18 Å². The van der Waals surface area contributed by atoms with E-state index in [4.69, 9.17) is 0 Å². The van der Waals surface area contributed by atoms with Crippen molar-refractivity contribution in [3.8, 4) is 0 Å². The van der Waals surface area contributed by atoms with Crippen LogP contribution in [-0.4, -0.2) is 55.2 Å². The summed E-state index contributed by atoms with van der Waals surface area (Å²) in [7, 11) is 4.40. The van der Waals surface area contributed by atoms with Gasteiger partial charge in [0.15, 0.2) is 0 Å². The maximum Gasteiger partial charge on any atom is 0.237 e. The summed E-state index contributed by atoms with van der Waals surface area (Å²) in [6.45, 7) is 2.20. The average Bonchev–Trinajstić information content (AvgIpc) is 3.33. The first-order valence-electron chi connectivity index (χ1n) is 11.8. The molecule has 7 unspecified atom stereocenters. The Bertz CT molecular complexity index is 538. The number of halogens is 1. The van der Waals surface area contributed by atoms with Gasteiger partial charge in [0.1, 0.15) is 6.17 Å². The van der Waals surface area contributed by atoms with Crippen LogP contribution >= 0.6 is 0 Å². The molecule has 2 N–H and O–H groups in total. The largest absolute Gasteiger partial charge is 0.352 e.